The molecule has 0 aliphatic carbocycles. The summed E-state index contributed by atoms with van der Waals surface area (Å²) < 4.78 is 81.4. The number of likely N-dealkylation sites (tertiary alicyclic amines) is 2. The van der Waals surface area contributed by atoms with Crippen molar-refractivity contribution >= 4 is 70.2 Å². The smallest absolute Gasteiger partial charge is 0.286 e. The summed E-state index contributed by atoms with van der Waals surface area (Å²) in [4.78, 5) is 57.7. The number of piperazine rings is 1. The highest BCUT2D eigenvalue weighted by molar-refractivity contribution is 8.17. The number of carbonyl (C=O) groups is 2. The van der Waals surface area contributed by atoms with Crippen molar-refractivity contribution in [1.29, 1.82) is 0 Å². The third-order valence-corrected chi connectivity index (χ3v) is 18.3. The molecule has 16 nitrogen and oxygen atoms in total. The molecule has 0 aromatic heterocycles. The molecule has 3 fully saturated rings. The lowest BCUT2D eigenvalue weighted by Gasteiger charge is -2.34. The number of hydrogen-bond donors (Lipinski definition) is 0. The Morgan fingerprint density at radius 3 is 1.25 bits per heavy atom. The number of unbranched alkanes of at least 4 members (excludes halogenated alkanes) is 4. The van der Waals surface area contributed by atoms with Crippen LogP contribution in [0.3, 0.4) is 0 Å². The lowest BCUT2D eigenvalue weighted by molar-refractivity contribution is -0.385. The van der Waals surface area contributed by atoms with Crippen molar-refractivity contribution in [2.45, 2.75) is 112 Å². The average Bonchev–Trinajstić information content (AvgIpc) is 3.86. The molecule has 24 heteroatoms. The molecule has 3 aliphatic heterocycles. The van der Waals surface area contributed by atoms with Crippen molar-refractivity contribution in [2.75, 3.05) is 103 Å². The second-order valence-electron chi connectivity index (χ2n) is 17.7. The van der Waals surface area contributed by atoms with Crippen LogP contribution < -0.4 is 18.9 Å². The highest BCUT2D eigenvalue weighted by Gasteiger charge is 2.52. The number of alkyl halides is 4. The Kier molecular flexibility index (Phi) is 23.4. The van der Waals surface area contributed by atoms with Crippen LogP contribution >= 0.6 is 47.0 Å². The molecule has 3 saturated heterocycles. The molecule has 0 bridgehead atoms. The lowest BCUT2D eigenvalue weighted by Crippen LogP contribution is -2.46. The van der Waals surface area contributed by atoms with Gasteiger partial charge in [0.2, 0.25) is 0 Å². The zero-order valence-corrected chi connectivity index (χ0v) is 45.4. The van der Waals surface area contributed by atoms with Crippen molar-refractivity contribution in [3.05, 3.63) is 55.6 Å². The van der Waals surface area contributed by atoms with Crippen LogP contribution in [0.1, 0.15) is 99.8 Å². The maximum atomic E-state index is 14.8. The van der Waals surface area contributed by atoms with E-state index in [0.717, 1.165) is 86.9 Å². The predicted octanol–water partition coefficient (Wildman–Crippen LogP) is 10.3. The fourth-order valence-corrected chi connectivity index (χ4v) is 14.8. The molecule has 2 aromatic carbocycles. The number of halogens is 4. The lowest BCUT2D eigenvalue weighted by atomic mass is 10.1. The third-order valence-electron chi connectivity index (χ3n) is 12.7. The van der Waals surface area contributed by atoms with Crippen LogP contribution in [0.4, 0.5) is 28.9 Å². The summed E-state index contributed by atoms with van der Waals surface area (Å²) in [7, 11) is 2.72. The molecule has 3 heterocycles. The van der Waals surface area contributed by atoms with Gasteiger partial charge in [-0.3, -0.25) is 29.8 Å². The van der Waals surface area contributed by atoms with E-state index in [1.54, 1.807) is 0 Å². The van der Waals surface area contributed by atoms with Crippen molar-refractivity contribution in [3.63, 3.8) is 0 Å². The highest BCUT2D eigenvalue weighted by Crippen LogP contribution is 2.45. The van der Waals surface area contributed by atoms with Gasteiger partial charge in [0.1, 0.15) is 11.1 Å². The Labute approximate surface area is 437 Å². The van der Waals surface area contributed by atoms with Crippen LogP contribution in [0.2, 0.25) is 0 Å². The monoisotopic (exact) mass is 1090 g/mol. The minimum Gasteiger partial charge on any atom is -0.493 e. The van der Waals surface area contributed by atoms with Gasteiger partial charge in [-0.05, 0) is 74.6 Å². The van der Waals surface area contributed by atoms with Gasteiger partial charge in [-0.15, -0.1) is 47.0 Å². The number of carbonyl (C=O) groups excluding carboxylic acids is 2. The minimum absolute atomic E-state index is 0.104. The quantitative estimate of drug-likeness (QED) is 0.0238. The van der Waals surface area contributed by atoms with E-state index in [1.807, 2.05) is 27.7 Å². The van der Waals surface area contributed by atoms with Crippen LogP contribution in [0.5, 0.6) is 23.0 Å². The standard InChI is InChI=1S/C48H70F4N6O10S4/c1-7-69-45(70-8-2)37-29-47(49,50)31-55(37)43(59)33-25-39(65-5)41(27-35(33)57(61)62)67-23-15-11-13-17-53-19-21-54(22-20-53)18-14-12-16-24-68-42-28-36(58(63)64)34(26-40(42)66-6)44(60)56-32-48(51,52)30-38(56)46(71-9-3)72-10-4/h25-28,37-38,45-46H,7-24,29-32H2,1-6H3/t37-,38-/m0/s1. The summed E-state index contributed by atoms with van der Waals surface area (Å²) in [6.45, 7) is 12.1. The molecular weight excluding hydrogens is 1020 g/mol. The van der Waals surface area contributed by atoms with Gasteiger partial charge in [-0.1, -0.05) is 27.7 Å². The van der Waals surface area contributed by atoms with Gasteiger partial charge in [0.05, 0.1) is 83.7 Å². The first-order chi connectivity index (χ1) is 34.4. The Balaban J connectivity index is 1.02. The summed E-state index contributed by atoms with van der Waals surface area (Å²) in [6, 6.07) is 3.16. The van der Waals surface area contributed by atoms with Gasteiger partial charge in [-0.25, -0.2) is 17.6 Å². The summed E-state index contributed by atoms with van der Waals surface area (Å²) in [5, 5.41) is 24.5. The molecule has 0 unspecified atom stereocenters. The summed E-state index contributed by atoms with van der Waals surface area (Å²) in [5.41, 5.74) is -1.69. The molecule has 0 saturated carbocycles. The van der Waals surface area contributed by atoms with Crippen molar-refractivity contribution < 1.29 is 55.9 Å². The number of nitro groups is 2. The van der Waals surface area contributed by atoms with Gasteiger partial charge in [0.25, 0.3) is 35.0 Å². The first-order valence-electron chi connectivity index (χ1n) is 24.7. The molecule has 0 spiro atoms. The zero-order chi connectivity index (χ0) is 52.6. The highest BCUT2D eigenvalue weighted by atomic mass is 32.2. The first-order valence-corrected chi connectivity index (χ1v) is 28.9. The molecule has 2 atom stereocenters. The van der Waals surface area contributed by atoms with Gasteiger partial charge in [0.15, 0.2) is 23.0 Å². The van der Waals surface area contributed by atoms with Gasteiger partial charge >= 0.3 is 0 Å². The summed E-state index contributed by atoms with van der Waals surface area (Å²) >= 11 is 5.94. The maximum absolute atomic E-state index is 14.8. The van der Waals surface area contributed by atoms with Crippen LogP contribution in [0, 0.1) is 20.2 Å². The number of nitrogens with zero attached hydrogens (tertiary/aromatic N) is 6. The zero-order valence-electron chi connectivity index (χ0n) is 42.1. The first kappa shape index (κ1) is 59.3. The van der Waals surface area contributed by atoms with Crippen molar-refractivity contribution in [1.82, 2.24) is 19.6 Å². The second-order valence-corrected chi connectivity index (χ2v) is 24.0. The Bertz CT molecular complexity index is 1970. The molecule has 0 radical (unpaired) electrons. The molecule has 2 aromatic rings. The van der Waals surface area contributed by atoms with E-state index in [4.69, 9.17) is 18.9 Å². The van der Waals surface area contributed by atoms with E-state index in [1.165, 1.54) is 73.4 Å². The number of hydrogen-bond acceptors (Lipinski definition) is 16. The van der Waals surface area contributed by atoms with Gasteiger partial charge in [0, 0.05) is 51.2 Å². The Morgan fingerprint density at radius 2 is 0.944 bits per heavy atom. The van der Waals surface area contributed by atoms with Crippen LogP contribution in [0.15, 0.2) is 24.3 Å². The van der Waals surface area contributed by atoms with Crippen LogP contribution in [-0.4, -0.2) is 177 Å². The average molecular weight is 1100 g/mol. The van der Waals surface area contributed by atoms with Crippen molar-refractivity contribution in [3.8, 4) is 23.0 Å². The molecule has 0 N–H and O–H groups in total. The van der Waals surface area contributed by atoms with E-state index in [-0.39, 0.29) is 56.5 Å². The molecule has 404 valence electrons. The largest absolute Gasteiger partial charge is 0.493 e. The fourth-order valence-electron chi connectivity index (χ4n) is 9.25. The van der Waals surface area contributed by atoms with Crippen molar-refractivity contribution in [2.24, 2.45) is 0 Å². The minimum atomic E-state index is -3.11. The predicted molar refractivity (Wildman–Crippen MR) is 280 cm³/mol. The van der Waals surface area contributed by atoms with Gasteiger partial charge in [-0.2, -0.15) is 0 Å². The SMILES string of the molecule is CCSC(SCC)[C@@H]1CC(F)(F)CN1C(=O)c1cc(OC)c(OCCCCCN2CCN(CCCCCOc3cc([N+](=O)[O-])c(C(=O)N4CC(F)(F)C[C@H]4C(SCC)SCC)cc3OC)CC2)cc1[N+](=O)[O-]. The number of ether oxygens (including phenoxy) is 4. The number of benzene rings is 2. The van der Waals surface area contributed by atoms with E-state index in [2.05, 4.69) is 9.80 Å². The van der Waals surface area contributed by atoms with Gasteiger partial charge < -0.3 is 38.5 Å². The van der Waals surface area contributed by atoms with Crippen LogP contribution in [-0.2, 0) is 0 Å². The molecule has 5 rings (SSSR count). The molecule has 72 heavy (non-hydrogen) atoms. The Morgan fingerprint density at radius 1 is 0.597 bits per heavy atom. The third kappa shape index (κ3) is 16.2. The fraction of sp³-hybridized carbons (Fsp3) is 0.708. The molecule has 3 aliphatic rings. The number of amides is 2. The summed E-state index contributed by atoms with van der Waals surface area (Å²) in [5.74, 6) is -4.79. The molecule has 2 amide bonds. The van der Waals surface area contributed by atoms with E-state index >= 15 is 0 Å². The maximum Gasteiger partial charge on any atom is 0.286 e. The normalized spacial score (nSPS) is 19.1. The second kappa shape index (κ2) is 28.4. The molecular formula is C48H70F4N6O10S4. The van der Waals surface area contributed by atoms with E-state index in [0.29, 0.717) is 35.9 Å². The topological polar surface area (TPSA) is 170 Å². The number of nitro benzene ring substituents is 2. The Hall–Kier alpha value is -3.58. The van der Waals surface area contributed by atoms with E-state index in [9.17, 15) is 47.4 Å². The van der Waals surface area contributed by atoms with E-state index < -0.39 is 82.9 Å². The summed E-state index contributed by atoms with van der Waals surface area (Å²) in [6.07, 6.45) is 3.87. The number of methoxy groups -OCH3 is 2. The number of thioether (sulfide) groups is 4. The number of rotatable bonds is 30. The van der Waals surface area contributed by atoms with Crippen LogP contribution in [0.25, 0.3) is 0 Å².